The van der Waals surface area contributed by atoms with E-state index in [1.54, 1.807) is 17.8 Å². The second-order valence-electron chi connectivity index (χ2n) is 4.23. The van der Waals surface area contributed by atoms with Crippen molar-refractivity contribution in [1.29, 1.82) is 0 Å². The van der Waals surface area contributed by atoms with Crippen LogP contribution >= 0.6 is 11.8 Å². The van der Waals surface area contributed by atoms with Gasteiger partial charge in [-0.1, -0.05) is 35.9 Å². The van der Waals surface area contributed by atoms with Crippen LogP contribution in [-0.2, 0) is 5.75 Å². The van der Waals surface area contributed by atoms with Gasteiger partial charge in [-0.05, 0) is 30.7 Å². The Kier molecular flexibility index (Phi) is 4.60. The highest BCUT2D eigenvalue weighted by Crippen LogP contribution is 2.24. The Bertz CT molecular complexity index is 567. The molecular weight excluding hydrogens is 256 g/mol. The molecule has 0 spiro atoms. The summed E-state index contributed by atoms with van der Waals surface area (Å²) in [5.74, 6) is 5.68. The number of nitrogens with two attached hydrogens (primary N) is 1. The molecule has 98 valence electrons. The fraction of sp³-hybridized carbons (Fsp3) is 0.133. The lowest BCUT2D eigenvalue weighted by molar-refractivity contribution is 0.0953. The van der Waals surface area contributed by atoms with Crippen molar-refractivity contribution in [1.82, 2.24) is 5.43 Å². The summed E-state index contributed by atoms with van der Waals surface area (Å²) >= 11 is 1.70. The van der Waals surface area contributed by atoms with Gasteiger partial charge in [0.25, 0.3) is 5.91 Å². The van der Waals surface area contributed by atoms with Gasteiger partial charge in [-0.3, -0.25) is 10.2 Å². The topological polar surface area (TPSA) is 55.1 Å². The van der Waals surface area contributed by atoms with E-state index in [1.807, 2.05) is 18.2 Å². The maximum atomic E-state index is 11.6. The van der Waals surface area contributed by atoms with Gasteiger partial charge in [-0.2, -0.15) is 0 Å². The standard InChI is InChI=1S/C15H16N2OS/c1-11-6-8-13(9-7-11)19-10-12-4-2-3-5-14(12)15(18)17-16/h2-9H,10,16H2,1H3,(H,17,18). The van der Waals surface area contributed by atoms with Crippen LogP contribution in [0, 0.1) is 6.92 Å². The lowest BCUT2D eigenvalue weighted by Crippen LogP contribution is -2.30. The molecular formula is C15H16N2OS. The van der Waals surface area contributed by atoms with Crippen LogP contribution in [0.2, 0.25) is 0 Å². The van der Waals surface area contributed by atoms with Crippen molar-refractivity contribution in [3.63, 3.8) is 0 Å². The molecule has 4 heteroatoms. The number of carbonyl (C=O) groups excluding carboxylic acids is 1. The molecule has 0 atom stereocenters. The molecule has 2 rings (SSSR count). The van der Waals surface area contributed by atoms with Gasteiger partial charge in [-0.25, -0.2) is 5.84 Å². The van der Waals surface area contributed by atoms with Crippen molar-refractivity contribution in [3.05, 3.63) is 65.2 Å². The monoisotopic (exact) mass is 272 g/mol. The molecule has 2 aromatic rings. The van der Waals surface area contributed by atoms with Crippen molar-refractivity contribution in [3.8, 4) is 0 Å². The third kappa shape index (κ3) is 3.59. The zero-order chi connectivity index (χ0) is 13.7. The molecule has 0 unspecified atom stereocenters. The Morgan fingerprint density at radius 3 is 2.53 bits per heavy atom. The first-order valence-electron chi connectivity index (χ1n) is 5.99. The lowest BCUT2D eigenvalue weighted by atomic mass is 10.1. The van der Waals surface area contributed by atoms with Crippen LogP contribution in [0.5, 0.6) is 0 Å². The largest absolute Gasteiger partial charge is 0.290 e. The summed E-state index contributed by atoms with van der Waals surface area (Å²) in [7, 11) is 0. The summed E-state index contributed by atoms with van der Waals surface area (Å²) in [5.41, 5.74) is 5.03. The minimum atomic E-state index is -0.250. The molecule has 0 aliphatic rings. The number of nitrogens with one attached hydrogen (secondary N) is 1. The molecule has 0 aliphatic heterocycles. The first-order valence-corrected chi connectivity index (χ1v) is 6.97. The molecule has 0 heterocycles. The smallest absolute Gasteiger partial charge is 0.265 e. The fourth-order valence-corrected chi connectivity index (χ4v) is 2.64. The zero-order valence-corrected chi connectivity index (χ0v) is 11.5. The van der Waals surface area contributed by atoms with E-state index >= 15 is 0 Å². The summed E-state index contributed by atoms with van der Waals surface area (Å²) < 4.78 is 0. The quantitative estimate of drug-likeness (QED) is 0.389. The first-order chi connectivity index (χ1) is 9.20. The van der Waals surface area contributed by atoms with E-state index in [1.165, 1.54) is 10.5 Å². The molecule has 2 aromatic carbocycles. The highest BCUT2D eigenvalue weighted by atomic mass is 32.2. The number of thioether (sulfide) groups is 1. The summed E-state index contributed by atoms with van der Waals surface area (Å²) in [4.78, 5) is 12.8. The number of aryl methyl sites for hydroxylation is 1. The molecule has 0 fully saturated rings. The molecule has 0 aliphatic carbocycles. The summed E-state index contributed by atoms with van der Waals surface area (Å²) in [5, 5.41) is 0. The van der Waals surface area contributed by atoms with Crippen LogP contribution in [0.25, 0.3) is 0 Å². The molecule has 0 radical (unpaired) electrons. The Morgan fingerprint density at radius 1 is 1.16 bits per heavy atom. The number of hydrazine groups is 1. The van der Waals surface area contributed by atoms with Crippen LogP contribution in [0.15, 0.2) is 53.4 Å². The molecule has 3 nitrogen and oxygen atoms in total. The van der Waals surface area contributed by atoms with Crippen LogP contribution in [-0.4, -0.2) is 5.91 Å². The second-order valence-corrected chi connectivity index (χ2v) is 5.28. The highest BCUT2D eigenvalue weighted by Gasteiger charge is 2.09. The summed E-state index contributed by atoms with van der Waals surface area (Å²) in [6.07, 6.45) is 0. The molecule has 0 bridgehead atoms. The minimum Gasteiger partial charge on any atom is -0.290 e. The van der Waals surface area contributed by atoms with Crippen LogP contribution in [0.1, 0.15) is 21.5 Å². The number of carbonyl (C=O) groups is 1. The molecule has 0 saturated heterocycles. The van der Waals surface area contributed by atoms with Gasteiger partial charge in [0.1, 0.15) is 0 Å². The predicted molar refractivity (Wildman–Crippen MR) is 78.8 cm³/mol. The van der Waals surface area contributed by atoms with E-state index < -0.39 is 0 Å². The molecule has 1 amide bonds. The summed E-state index contributed by atoms with van der Waals surface area (Å²) in [6, 6.07) is 15.8. The summed E-state index contributed by atoms with van der Waals surface area (Å²) in [6.45, 7) is 2.06. The highest BCUT2D eigenvalue weighted by molar-refractivity contribution is 7.98. The number of amides is 1. The first kappa shape index (κ1) is 13.6. The molecule has 19 heavy (non-hydrogen) atoms. The number of nitrogen functional groups attached to an aromatic ring is 1. The van der Waals surface area contributed by atoms with Gasteiger partial charge in [0.2, 0.25) is 0 Å². The Morgan fingerprint density at radius 2 is 1.84 bits per heavy atom. The van der Waals surface area contributed by atoms with Gasteiger partial charge in [0.15, 0.2) is 0 Å². The van der Waals surface area contributed by atoms with Crippen molar-refractivity contribution in [2.45, 2.75) is 17.6 Å². The van der Waals surface area contributed by atoms with Crippen molar-refractivity contribution in [2.75, 3.05) is 0 Å². The lowest BCUT2D eigenvalue weighted by Gasteiger charge is -2.08. The molecule has 3 N–H and O–H groups in total. The van der Waals surface area contributed by atoms with Gasteiger partial charge in [-0.15, -0.1) is 11.8 Å². The van der Waals surface area contributed by atoms with Crippen molar-refractivity contribution < 1.29 is 4.79 Å². The van der Waals surface area contributed by atoms with Gasteiger partial charge in [0, 0.05) is 16.2 Å². The van der Waals surface area contributed by atoms with Gasteiger partial charge in [0.05, 0.1) is 0 Å². The number of rotatable bonds is 4. The fourth-order valence-electron chi connectivity index (χ4n) is 1.74. The van der Waals surface area contributed by atoms with Crippen LogP contribution < -0.4 is 11.3 Å². The Balaban J connectivity index is 2.11. The predicted octanol–water partition coefficient (Wildman–Crippen LogP) is 2.89. The van der Waals surface area contributed by atoms with Crippen LogP contribution in [0.4, 0.5) is 0 Å². The van der Waals surface area contributed by atoms with Gasteiger partial charge >= 0.3 is 0 Å². The van der Waals surface area contributed by atoms with Gasteiger partial charge < -0.3 is 0 Å². The molecule has 0 saturated carbocycles. The number of benzene rings is 2. The third-order valence-corrected chi connectivity index (χ3v) is 3.87. The molecule has 0 aromatic heterocycles. The SMILES string of the molecule is Cc1ccc(SCc2ccccc2C(=O)NN)cc1. The van der Waals surface area contributed by atoms with E-state index in [0.29, 0.717) is 5.56 Å². The number of hydrogen-bond donors (Lipinski definition) is 2. The second kappa shape index (κ2) is 6.41. The Hall–Kier alpha value is -1.78. The Labute approximate surface area is 117 Å². The van der Waals surface area contributed by atoms with E-state index in [2.05, 4.69) is 36.6 Å². The maximum absolute atomic E-state index is 11.6. The zero-order valence-electron chi connectivity index (χ0n) is 10.7. The van der Waals surface area contributed by atoms with E-state index in [-0.39, 0.29) is 5.91 Å². The number of hydrogen-bond acceptors (Lipinski definition) is 3. The van der Waals surface area contributed by atoms with Crippen LogP contribution in [0.3, 0.4) is 0 Å². The van der Waals surface area contributed by atoms with E-state index in [4.69, 9.17) is 5.84 Å². The normalized spacial score (nSPS) is 10.2. The van der Waals surface area contributed by atoms with Crippen molar-refractivity contribution >= 4 is 17.7 Å². The minimum absolute atomic E-state index is 0.250. The third-order valence-electron chi connectivity index (χ3n) is 2.81. The maximum Gasteiger partial charge on any atom is 0.265 e. The average Bonchev–Trinajstić information content (AvgIpc) is 2.46. The van der Waals surface area contributed by atoms with E-state index in [9.17, 15) is 4.79 Å². The van der Waals surface area contributed by atoms with E-state index in [0.717, 1.165) is 11.3 Å². The average molecular weight is 272 g/mol. The van der Waals surface area contributed by atoms with Crippen molar-refractivity contribution in [2.24, 2.45) is 5.84 Å².